The van der Waals surface area contributed by atoms with Crippen LogP contribution >= 0.6 is 15.9 Å². The Balaban J connectivity index is 3.09. The topological polar surface area (TPSA) is 55.5 Å². The van der Waals surface area contributed by atoms with Crippen LogP contribution in [0.3, 0.4) is 0 Å². The highest BCUT2D eigenvalue weighted by molar-refractivity contribution is 9.10. The zero-order valence-corrected chi connectivity index (χ0v) is 13.6. The van der Waals surface area contributed by atoms with Gasteiger partial charge in [0.15, 0.2) is 5.75 Å². The predicted molar refractivity (Wildman–Crippen MR) is 78.0 cm³/mol. The number of hydrogen-bond acceptors (Lipinski definition) is 3. The maximum absolute atomic E-state index is 9.75. The number of halogens is 1. The van der Waals surface area contributed by atoms with Crippen molar-refractivity contribution in [3.8, 4) is 11.5 Å². The van der Waals surface area contributed by atoms with Gasteiger partial charge in [0.25, 0.3) is 8.32 Å². The summed E-state index contributed by atoms with van der Waals surface area (Å²) in [6.45, 7) is 10.8. The van der Waals surface area contributed by atoms with E-state index in [4.69, 9.17) is 10.2 Å². The van der Waals surface area contributed by atoms with Gasteiger partial charge >= 0.3 is 0 Å². The Morgan fingerprint density at radius 2 is 1.82 bits per heavy atom. The molecule has 0 aromatic heterocycles. The van der Waals surface area contributed by atoms with Gasteiger partial charge in [0.05, 0.1) is 4.47 Å². The molecule has 0 aliphatic heterocycles. The molecule has 5 heteroatoms. The first kappa shape index (κ1) is 14.4. The van der Waals surface area contributed by atoms with Gasteiger partial charge in [-0.05, 0) is 46.2 Å². The minimum absolute atomic E-state index is 0.0428. The van der Waals surface area contributed by atoms with Gasteiger partial charge in [0.2, 0.25) is 0 Å². The minimum atomic E-state index is -1.92. The zero-order valence-electron chi connectivity index (χ0n) is 11.0. The molecule has 1 aromatic rings. The Hall–Kier alpha value is -0.683. The lowest BCUT2D eigenvalue weighted by atomic mass is 10.2. The van der Waals surface area contributed by atoms with E-state index in [1.165, 1.54) is 0 Å². The fourth-order valence-electron chi connectivity index (χ4n) is 1.08. The number of benzene rings is 1. The molecule has 3 N–H and O–H groups in total. The maximum Gasteiger partial charge on any atom is 0.250 e. The number of nitrogens with two attached hydrogens (primary N) is 1. The van der Waals surface area contributed by atoms with Crippen LogP contribution in [0.2, 0.25) is 18.1 Å². The number of hydrogen-bond donors (Lipinski definition) is 2. The summed E-state index contributed by atoms with van der Waals surface area (Å²) in [5.74, 6) is 0.610. The molecule has 0 fully saturated rings. The van der Waals surface area contributed by atoms with Crippen LogP contribution in [-0.4, -0.2) is 13.4 Å². The molecule has 17 heavy (non-hydrogen) atoms. The Kier molecular flexibility index (Phi) is 3.83. The minimum Gasteiger partial charge on any atom is -0.542 e. The monoisotopic (exact) mass is 317 g/mol. The van der Waals surface area contributed by atoms with Gasteiger partial charge in [-0.25, -0.2) is 0 Å². The second-order valence-electron chi connectivity index (χ2n) is 5.67. The van der Waals surface area contributed by atoms with Crippen LogP contribution in [-0.2, 0) is 0 Å². The van der Waals surface area contributed by atoms with Gasteiger partial charge < -0.3 is 15.3 Å². The van der Waals surface area contributed by atoms with E-state index in [1.54, 1.807) is 12.1 Å². The molecule has 0 atom stereocenters. The number of rotatable bonds is 2. The quantitative estimate of drug-likeness (QED) is 0.490. The first-order valence-electron chi connectivity index (χ1n) is 5.52. The maximum atomic E-state index is 9.75. The van der Waals surface area contributed by atoms with Crippen LogP contribution in [0.1, 0.15) is 20.8 Å². The SMILES string of the molecule is CC(C)(C)[Si](C)(C)Oc1ccc(Br)c(O)c1N. The molecule has 0 unspecified atom stereocenters. The average Bonchev–Trinajstić information content (AvgIpc) is 2.17. The van der Waals surface area contributed by atoms with Crippen molar-refractivity contribution in [2.75, 3.05) is 5.73 Å². The molecule has 0 aliphatic rings. The smallest absolute Gasteiger partial charge is 0.250 e. The van der Waals surface area contributed by atoms with Crippen molar-refractivity contribution in [2.45, 2.75) is 38.9 Å². The third-order valence-corrected chi connectivity index (χ3v) is 8.28. The highest BCUT2D eigenvalue weighted by atomic mass is 79.9. The fraction of sp³-hybridized carbons (Fsp3) is 0.500. The van der Waals surface area contributed by atoms with Gasteiger partial charge in [-0.15, -0.1) is 0 Å². The van der Waals surface area contributed by atoms with Gasteiger partial charge in [-0.1, -0.05) is 20.8 Å². The lowest BCUT2D eigenvalue weighted by molar-refractivity contribution is 0.462. The Labute approximate surface area is 112 Å². The summed E-state index contributed by atoms with van der Waals surface area (Å²) in [5, 5.41) is 9.85. The molecule has 1 aromatic carbocycles. The van der Waals surface area contributed by atoms with Gasteiger partial charge in [-0.2, -0.15) is 0 Å². The molecule has 0 saturated carbocycles. The average molecular weight is 318 g/mol. The lowest BCUT2D eigenvalue weighted by Crippen LogP contribution is -2.44. The van der Waals surface area contributed by atoms with Crippen LogP contribution in [0.15, 0.2) is 16.6 Å². The van der Waals surface area contributed by atoms with Crippen LogP contribution < -0.4 is 10.2 Å². The number of nitrogen functional groups attached to an aromatic ring is 1. The van der Waals surface area contributed by atoms with Crippen LogP contribution in [0.4, 0.5) is 5.69 Å². The summed E-state index contributed by atoms with van der Waals surface area (Å²) in [6.07, 6.45) is 0. The summed E-state index contributed by atoms with van der Waals surface area (Å²) >= 11 is 3.23. The first-order chi connectivity index (χ1) is 7.56. The van der Waals surface area contributed by atoms with E-state index in [9.17, 15) is 5.11 Å². The number of anilines is 1. The first-order valence-corrected chi connectivity index (χ1v) is 9.22. The van der Waals surface area contributed by atoms with E-state index in [0.29, 0.717) is 15.9 Å². The molecule has 0 aliphatic carbocycles. The molecule has 1 rings (SSSR count). The predicted octanol–water partition coefficient (Wildman–Crippen LogP) is 4.12. The largest absolute Gasteiger partial charge is 0.542 e. The molecule has 0 spiro atoms. The molecule has 0 amide bonds. The van der Waals surface area contributed by atoms with E-state index < -0.39 is 8.32 Å². The van der Waals surface area contributed by atoms with Gasteiger partial charge in [-0.3, -0.25) is 0 Å². The normalized spacial score (nSPS) is 12.6. The second kappa shape index (κ2) is 4.53. The fourth-order valence-corrected chi connectivity index (χ4v) is 2.46. The third-order valence-electron chi connectivity index (χ3n) is 3.30. The Morgan fingerprint density at radius 3 is 2.29 bits per heavy atom. The summed E-state index contributed by atoms with van der Waals surface area (Å²) in [5.41, 5.74) is 6.15. The molecule has 96 valence electrons. The van der Waals surface area contributed by atoms with Crippen LogP contribution in [0.25, 0.3) is 0 Å². The molecule has 0 heterocycles. The van der Waals surface area contributed by atoms with E-state index in [-0.39, 0.29) is 10.8 Å². The Bertz CT molecular complexity index is 427. The van der Waals surface area contributed by atoms with Crippen molar-refractivity contribution in [3.05, 3.63) is 16.6 Å². The second-order valence-corrected chi connectivity index (χ2v) is 11.2. The number of phenolic OH excluding ortho intramolecular Hbond substituents is 1. The van der Waals surface area contributed by atoms with Crippen molar-refractivity contribution >= 4 is 29.9 Å². The van der Waals surface area contributed by atoms with E-state index >= 15 is 0 Å². The van der Waals surface area contributed by atoms with E-state index in [1.807, 2.05) is 0 Å². The standard InChI is InChI=1S/C12H20BrNO2Si/c1-12(2,3)17(4,5)16-9-7-6-8(13)11(15)10(9)14/h6-7,15H,14H2,1-5H3. The summed E-state index contributed by atoms with van der Waals surface area (Å²) < 4.78 is 6.65. The van der Waals surface area contributed by atoms with E-state index in [0.717, 1.165) is 0 Å². The summed E-state index contributed by atoms with van der Waals surface area (Å²) in [7, 11) is -1.92. The van der Waals surface area contributed by atoms with Crippen molar-refractivity contribution in [3.63, 3.8) is 0 Å². The van der Waals surface area contributed by atoms with E-state index in [2.05, 4.69) is 49.8 Å². The van der Waals surface area contributed by atoms with Crippen molar-refractivity contribution in [2.24, 2.45) is 0 Å². The van der Waals surface area contributed by atoms with Crippen LogP contribution in [0, 0.1) is 0 Å². The molecule has 0 radical (unpaired) electrons. The highest BCUT2D eigenvalue weighted by Gasteiger charge is 2.39. The third kappa shape index (κ3) is 2.96. The zero-order chi connectivity index (χ0) is 13.4. The molecule has 3 nitrogen and oxygen atoms in total. The van der Waals surface area contributed by atoms with Crippen molar-refractivity contribution in [1.29, 1.82) is 0 Å². The molecular weight excluding hydrogens is 298 g/mol. The number of aromatic hydroxyl groups is 1. The van der Waals surface area contributed by atoms with Gasteiger partial charge in [0.1, 0.15) is 11.4 Å². The molecule has 0 saturated heterocycles. The summed E-state index contributed by atoms with van der Waals surface area (Å²) in [6, 6.07) is 3.54. The van der Waals surface area contributed by atoms with Crippen molar-refractivity contribution in [1.82, 2.24) is 0 Å². The number of phenols is 1. The summed E-state index contributed by atoms with van der Waals surface area (Å²) in [4.78, 5) is 0. The Morgan fingerprint density at radius 1 is 1.29 bits per heavy atom. The van der Waals surface area contributed by atoms with Gasteiger partial charge in [0, 0.05) is 0 Å². The van der Waals surface area contributed by atoms with Crippen LogP contribution in [0.5, 0.6) is 11.5 Å². The molecular formula is C12H20BrNO2Si. The highest BCUT2D eigenvalue weighted by Crippen LogP contribution is 2.42. The lowest BCUT2D eigenvalue weighted by Gasteiger charge is -2.36. The molecule has 0 bridgehead atoms. The van der Waals surface area contributed by atoms with Crippen molar-refractivity contribution < 1.29 is 9.53 Å².